The third-order valence-corrected chi connectivity index (χ3v) is 14.8. The number of hydrogen-bond acceptors (Lipinski definition) is 3. The molecule has 1 aliphatic rings. The summed E-state index contributed by atoms with van der Waals surface area (Å²) in [6, 6.07) is 4.11. The van der Waals surface area contributed by atoms with E-state index in [1.54, 1.807) is 0 Å². The molecule has 0 unspecified atom stereocenters. The Labute approximate surface area is 134 Å². The quantitative estimate of drug-likeness (QED) is 0.745. The van der Waals surface area contributed by atoms with Crippen molar-refractivity contribution < 1.29 is 9.53 Å². The number of ether oxygens (including phenoxy) is 1. The van der Waals surface area contributed by atoms with Gasteiger partial charge in [0.25, 0.3) is 0 Å². The summed E-state index contributed by atoms with van der Waals surface area (Å²) in [5.41, 5.74) is 1.40. The van der Waals surface area contributed by atoms with Crippen molar-refractivity contribution >= 4 is 27.4 Å². The topological polar surface area (TPSA) is 39.2 Å². The molecule has 1 aliphatic heterocycles. The molecule has 3 nitrogen and oxygen atoms in total. The predicted molar refractivity (Wildman–Crippen MR) is 85.9 cm³/mol. The maximum absolute atomic E-state index is 12.2. The van der Waals surface area contributed by atoms with Crippen molar-refractivity contribution in [3.8, 4) is 0 Å². The number of esters is 1. The fraction of sp³-hybridized carbons (Fsp3) is 0.412. The van der Waals surface area contributed by atoms with Gasteiger partial charge in [-0.05, 0) is 0 Å². The van der Waals surface area contributed by atoms with Gasteiger partial charge in [-0.1, -0.05) is 0 Å². The van der Waals surface area contributed by atoms with Crippen LogP contribution >= 0.6 is 0 Å². The third-order valence-electron chi connectivity index (χ3n) is 3.76. The number of carbonyl (C=O) groups excluding carboxylic acids is 1. The molecule has 0 bridgehead atoms. The van der Waals surface area contributed by atoms with Gasteiger partial charge in [0.2, 0.25) is 0 Å². The number of carbonyl (C=O) groups is 1. The second-order valence-corrected chi connectivity index (χ2v) is 14.2. The first kappa shape index (κ1) is 16.3. The molecule has 2 heterocycles. The molecule has 110 valence electrons. The molecule has 0 amide bonds. The second-order valence-electron chi connectivity index (χ2n) is 6.33. The Balaban J connectivity index is 2.26. The molecule has 2 rings (SSSR count). The van der Waals surface area contributed by atoms with E-state index in [-0.39, 0.29) is 11.4 Å². The first-order valence-corrected chi connectivity index (χ1v) is 13.0. The van der Waals surface area contributed by atoms with Crippen LogP contribution in [0.2, 0.25) is 0 Å². The molecule has 1 aromatic heterocycles. The van der Waals surface area contributed by atoms with E-state index < -0.39 is 21.4 Å². The number of rotatable bonds is 4. The van der Waals surface area contributed by atoms with Crippen LogP contribution in [0, 0.1) is 5.41 Å². The average Bonchev–Trinajstić information content (AvgIpc) is 2.84. The zero-order valence-corrected chi connectivity index (χ0v) is 16.5. The van der Waals surface area contributed by atoms with Crippen molar-refractivity contribution in [2.24, 2.45) is 5.41 Å². The van der Waals surface area contributed by atoms with Gasteiger partial charge in [0, 0.05) is 0 Å². The van der Waals surface area contributed by atoms with Crippen LogP contribution in [-0.4, -0.2) is 39.0 Å². The number of aromatic nitrogens is 1. The summed E-state index contributed by atoms with van der Waals surface area (Å²) in [4.78, 5) is 16.3. The van der Waals surface area contributed by atoms with Crippen molar-refractivity contribution in [2.45, 2.75) is 31.9 Å². The Bertz CT molecular complexity index is 570. The number of hydrogen-bond donors (Lipinski definition) is 0. The van der Waals surface area contributed by atoms with Gasteiger partial charge in [0.05, 0.1) is 0 Å². The normalized spacial score (nSPS) is 14.8. The van der Waals surface area contributed by atoms with Gasteiger partial charge in [-0.3, -0.25) is 0 Å². The fourth-order valence-electron chi connectivity index (χ4n) is 2.75. The van der Waals surface area contributed by atoms with Gasteiger partial charge in [0.1, 0.15) is 0 Å². The molecule has 0 atom stereocenters. The predicted octanol–water partition coefficient (Wildman–Crippen LogP) is 3.21. The van der Waals surface area contributed by atoms with Crippen molar-refractivity contribution in [1.29, 1.82) is 0 Å². The standard InChI is InChI=1S/C11H16O2.C6H6N.In/c1-5-13-10(12)8-6-7-9-11(2,3)4;1-6-2-4-7-5-3-6;/h6-7H,5H2,1-4H3;2-5H,1H2;. The molecule has 0 N–H and O–H groups in total. The SMILES string of the molecule is CCOC(=O)[C]1=CC=[C](C(C)(C)C)[In]1[CH2]c1ccncc1. The summed E-state index contributed by atoms with van der Waals surface area (Å²) in [6.07, 6.45) is 7.84. The van der Waals surface area contributed by atoms with E-state index in [0.29, 0.717) is 6.61 Å². The number of nitrogens with zero attached hydrogens (tertiary/aromatic N) is 1. The summed E-state index contributed by atoms with van der Waals surface area (Å²) in [6.45, 7) is 9.00. The molecule has 0 fully saturated rings. The average molecular weight is 387 g/mol. The third kappa shape index (κ3) is 4.00. The molecule has 0 aliphatic carbocycles. The van der Waals surface area contributed by atoms with Crippen LogP contribution in [0.3, 0.4) is 0 Å². The van der Waals surface area contributed by atoms with Crippen molar-refractivity contribution in [3.05, 3.63) is 48.9 Å². The fourth-order valence-corrected chi connectivity index (χ4v) is 13.0. The van der Waals surface area contributed by atoms with E-state index >= 15 is 0 Å². The van der Waals surface area contributed by atoms with Gasteiger partial charge < -0.3 is 0 Å². The van der Waals surface area contributed by atoms with Crippen LogP contribution < -0.4 is 0 Å². The van der Waals surface area contributed by atoms with E-state index in [2.05, 4.69) is 44.0 Å². The van der Waals surface area contributed by atoms with Crippen LogP contribution in [0.5, 0.6) is 0 Å². The molecule has 0 saturated carbocycles. The van der Waals surface area contributed by atoms with Crippen LogP contribution in [0.1, 0.15) is 33.3 Å². The second kappa shape index (κ2) is 6.82. The molecule has 0 radical (unpaired) electrons. The van der Waals surface area contributed by atoms with Gasteiger partial charge in [-0.2, -0.15) is 0 Å². The van der Waals surface area contributed by atoms with Gasteiger partial charge in [-0.25, -0.2) is 0 Å². The minimum atomic E-state index is -2.36. The zero-order valence-electron chi connectivity index (χ0n) is 13.2. The summed E-state index contributed by atoms with van der Waals surface area (Å²) < 4.78 is 8.73. The van der Waals surface area contributed by atoms with E-state index in [1.165, 1.54) is 8.89 Å². The molecule has 0 spiro atoms. The molecule has 0 aromatic carbocycles. The Morgan fingerprint density at radius 1 is 1.24 bits per heavy atom. The molecule has 1 aromatic rings. The van der Waals surface area contributed by atoms with E-state index in [4.69, 9.17) is 4.74 Å². The molecular weight excluding hydrogens is 365 g/mol. The summed E-state index contributed by atoms with van der Waals surface area (Å²) >= 11 is -2.36. The van der Waals surface area contributed by atoms with Crippen LogP contribution in [0.4, 0.5) is 0 Å². The minimum absolute atomic E-state index is 0.108. The zero-order chi connectivity index (χ0) is 15.5. The van der Waals surface area contributed by atoms with Crippen LogP contribution in [0.15, 0.2) is 43.3 Å². The maximum atomic E-state index is 12.2. The van der Waals surface area contributed by atoms with Crippen LogP contribution in [-0.2, 0) is 13.7 Å². The summed E-state index contributed by atoms with van der Waals surface area (Å²) in [5.74, 6) is -0.108. The Hall–Kier alpha value is -1.03. The van der Waals surface area contributed by atoms with E-state index in [1.807, 2.05) is 25.4 Å². The van der Waals surface area contributed by atoms with Crippen molar-refractivity contribution in [2.75, 3.05) is 6.61 Å². The number of pyridine rings is 1. The summed E-state index contributed by atoms with van der Waals surface area (Å²) in [5, 5.41) is 0. The van der Waals surface area contributed by atoms with Crippen molar-refractivity contribution in [1.82, 2.24) is 4.98 Å². The Morgan fingerprint density at radius 2 is 1.90 bits per heavy atom. The summed E-state index contributed by atoms with van der Waals surface area (Å²) in [7, 11) is 0. The number of allylic oxidation sites excluding steroid dienone is 3. The van der Waals surface area contributed by atoms with Gasteiger partial charge >= 0.3 is 135 Å². The van der Waals surface area contributed by atoms with Gasteiger partial charge in [-0.15, -0.1) is 0 Å². The Morgan fingerprint density at radius 3 is 2.48 bits per heavy atom. The van der Waals surface area contributed by atoms with E-state index in [9.17, 15) is 4.79 Å². The monoisotopic (exact) mass is 387 g/mol. The van der Waals surface area contributed by atoms with E-state index in [0.717, 1.165) is 7.51 Å². The first-order valence-electron chi connectivity index (χ1n) is 7.41. The van der Waals surface area contributed by atoms with Crippen molar-refractivity contribution in [3.63, 3.8) is 0 Å². The first-order chi connectivity index (χ1) is 9.93. The molecular formula is C17H22InNO2. The molecule has 21 heavy (non-hydrogen) atoms. The molecule has 0 saturated heterocycles. The van der Waals surface area contributed by atoms with Gasteiger partial charge in [0.15, 0.2) is 0 Å². The molecule has 4 heteroatoms. The Kier molecular flexibility index (Phi) is 5.31. The van der Waals surface area contributed by atoms with Crippen LogP contribution in [0.25, 0.3) is 0 Å².